The standard InChI is InChI=1S/C16H14O4/c17-16(12-9-11(12)13-2-1-5-18-13)10-3-4-14-15(8-10)20-7-6-19-14/h1-5,8,11-12H,6-7,9H2. The van der Waals surface area contributed by atoms with E-state index in [1.807, 2.05) is 24.3 Å². The molecule has 0 N–H and O–H groups in total. The summed E-state index contributed by atoms with van der Waals surface area (Å²) in [6.07, 6.45) is 2.51. The number of carbonyl (C=O) groups excluding carboxylic acids is 1. The summed E-state index contributed by atoms with van der Waals surface area (Å²) in [6, 6.07) is 9.20. The van der Waals surface area contributed by atoms with Gasteiger partial charge < -0.3 is 13.9 Å². The molecule has 20 heavy (non-hydrogen) atoms. The van der Waals surface area contributed by atoms with E-state index in [-0.39, 0.29) is 17.6 Å². The first-order chi connectivity index (χ1) is 9.83. The topological polar surface area (TPSA) is 48.7 Å². The van der Waals surface area contributed by atoms with Gasteiger partial charge in [0.1, 0.15) is 19.0 Å². The van der Waals surface area contributed by atoms with Crippen LogP contribution in [0.5, 0.6) is 11.5 Å². The number of hydrogen-bond donors (Lipinski definition) is 0. The highest BCUT2D eigenvalue weighted by Crippen LogP contribution is 2.49. The van der Waals surface area contributed by atoms with Crippen molar-refractivity contribution in [2.24, 2.45) is 5.92 Å². The highest BCUT2D eigenvalue weighted by molar-refractivity contribution is 6.00. The van der Waals surface area contributed by atoms with Gasteiger partial charge >= 0.3 is 0 Å². The molecule has 1 aromatic carbocycles. The molecule has 1 aliphatic carbocycles. The summed E-state index contributed by atoms with van der Waals surface area (Å²) in [7, 11) is 0. The number of ether oxygens (including phenoxy) is 2. The molecule has 2 unspecified atom stereocenters. The van der Waals surface area contributed by atoms with Gasteiger partial charge in [-0.15, -0.1) is 0 Å². The summed E-state index contributed by atoms with van der Waals surface area (Å²) in [5.74, 6) is 2.70. The van der Waals surface area contributed by atoms with Crippen LogP contribution in [0.4, 0.5) is 0 Å². The Morgan fingerprint density at radius 2 is 1.95 bits per heavy atom. The van der Waals surface area contributed by atoms with Gasteiger partial charge in [0.2, 0.25) is 0 Å². The van der Waals surface area contributed by atoms with Crippen LogP contribution < -0.4 is 9.47 Å². The molecule has 4 heteroatoms. The SMILES string of the molecule is O=C(c1ccc2c(c1)OCCO2)C1CC1c1ccco1. The maximum absolute atomic E-state index is 12.5. The number of fused-ring (bicyclic) bond motifs is 1. The molecular weight excluding hydrogens is 256 g/mol. The quantitative estimate of drug-likeness (QED) is 0.804. The maximum Gasteiger partial charge on any atom is 0.166 e. The maximum atomic E-state index is 12.5. The molecule has 102 valence electrons. The van der Waals surface area contributed by atoms with Gasteiger partial charge in [-0.2, -0.15) is 0 Å². The van der Waals surface area contributed by atoms with Crippen molar-refractivity contribution < 1.29 is 18.7 Å². The monoisotopic (exact) mass is 270 g/mol. The molecule has 2 aromatic rings. The van der Waals surface area contributed by atoms with Gasteiger partial charge in [0.25, 0.3) is 0 Å². The van der Waals surface area contributed by atoms with Crippen molar-refractivity contribution in [1.29, 1.82) is 0 Å². The van der Waals surface area contributed by atoms with Crippen LogP contribution >= 0.6 is 0 Å². The van der Waals surface area contributed by atoms with Gasteiger partial charge in [0.05, 0.1) is 6.26 Å². The van der Waals surface area contributed by atoms with Gasteiger partial charge in [-0.3, -0.25) is 4.79 Å². The predicted molar refractivity (Wildman–Crippen MR) is 71.3 cm³/mol. The minimum atomic E-state index is 0.0312. The normalized spacial score (nSPS) is 23.4. The van der Waals surface area contributed by atoms with E-state index in [2.05, 4.69) is 0 Å². The summed E-state index contributed by atoms with van der Waals surface area (Å²) in [4.78, 5) is 12.5. The lowest BCUT2D eigenvalue weighted by Crippen LogP contribution is -2.16. The summed E-state index contributed by atoms with van der Waals surface area (Å²) >= 11 is 0. The van der Waals surface area contributed by atoms with E-state index in [9.17, 15) is 4.79 Å². The molecule has 2 heterocycles. The van der Waals surface area contributed by atoms with Crippen LogP contribution in [0.2, 0.25) is 0 Å². The molecule has 1 aromatic heterocycles. The molecule has 0 bridgehead atoms. The van der Waals surface area contributed by atoms with E-state index in [1.54, 1.807) is 12.3 Å². The van der Waals surface area contributed by atoms with Crippen LogP contribution in [0.1, 0.15) is 28.5 Å². The lowest BCUT2D eigenvalue weighted by molar-refractivity contribution is 0.0962. The van der Waals surface area contributed by atoms with Crippen LogP contribution in [-0.4, -0.2) is 19.0 Å². The Morgan fingerprint density at radius 3 is 2.75 bits per heavy atom. The molecule has 0 saturated heterocycles. The Hall–Kier alpha value is -2.23. The van der Waals surface area contributed by atoms with Crippen molar-refractivity contribution in [2.75, 3.05) is 13.2 Å². The zero-order chi connectivity index (χ0) is 13.5. The van der Waals surface area contributed by atoms with E-state index < -0.39 is 0 Å². The van der Waals surface area contributed by atoms with Crippen molar-refractivity contribution in [2.45, 2.75) is 12.3 Å². The first-order valence-corrected chi connectivity index (χ1v) is 6.80. The van der Waals surface area contributed by atoms with Crippen molar-refractivity contribution in [3.05, 3.63) is 47.9 Å². The Balaban J connectivity index is 1.55. The van der Waals surface area contributed by atoms with E-state index in [1.165, 1.54) is 0 Å². The fourth-order valence-corrected chi connectivity index (χ4v) is 2.71. The first kappa shape index (κ1) is 11.6. The van der Waals surface area contributed by atoms with Crippen LogP contribution in [-0.2, 0) is 0 Å². The third-order valence-corrected chi connectivity index (χ3v) is 3.86. The number of benzene rings is 1. The second-order valence-electron chi connectivity index (χ2n) is 5.19. The minimum absolute atomic E-state index is 0.0312. The van der Waals surface area contributed by atoms with Gasteiger partial charge in [0.15, 0.2) is 17.3 Å². The molecule has 0 radical (unpaired) electrons. The highest BCUT2D eigenvalue weighted by Gasteiger charge is 2.46. The molecule has 1 fully saturated rings. The third kappa shape index (κ3) is 1.88. The number of ketones is 1. The Labute approximate surface area is 116 Å². The smallest absolute Gasteiger partial charge is 0.166 e. The molecule has 2 atom stereocenters. The number of hydrogen-bond acceptors (Lipinski definition) is 4. The van der Waals surface area contributed by atoms with E-state index in [4.69, 9.17) is 13.9 Å². The van der Waals surface area contributed by atoms with E-state index in [0.717, 1.165) is 12.2 Å². The van der Waals surface area contributed by atoms with Gasteiger partial charge in [-0.25, -0.2) is 0 Å². The molecule has 0 amide bonds. The number of Topliss-reactive ketones (excluding diaryl/α,β-unsaturated/α-hetero) is 1. The zero-order valence-electron chi connectivity index (χ0n) is 10.9. The Kier molecular flexibility index (Phi) is 2.55. The van der Waals surface area contributed by atoms with Crippen molar-refractivity contribution >= 4 is 5.78 Å². The second-order valence-corrected chi connectivity index (χ2v) is 5.19. The average Bonchev–Trinajstić information content (AvgIpc) is 3.11. The first-order valence-electron chi connectivity index (χ1n) is 6.80. The third-order valence-electron chi connectivity index (χ3n) is 3.86. The van der Waals surface area contributed by atoms with Crippen molar-refractivity contribution in [1.82, 2.24) is 0 Å². The Bertz CT molecular complexity index is 645. The van der Waals surface area contributed by atoms with E-state index in [0.29, 0.717) is 30.3 Å². The van der Waals surface area contributed by atoms with Crippen LogP contribution in [0.15, 0.2) is 41.0 Å². The fourth-order valence-electron chi connectivity index (χ4n) is 2.71. The summed E-state index contributed by atoms with van der Waals surface area (Å²) in [5.41, 5.74) is 0.688. The van der Waals surface area contributed by atoms with E-state index >= 15 is 0 Å². The molecule has 0 spiro atoms. The Morgan fingerprint density at radius 1 is 1.10 bits per heavy atom. The lowest BCUT2D eigenvalue weighted by Gasteiger charge is -2.18. The molecule has 4 nitrogen and oxygen atoms in total. The number of rotatable bonds is 3. The largest absolute Gasteiger partial charge is 0.486 e. The molecule has 1 saturated carbocycles. The molecule has 1 aliphatic heterocycles. The average molecular weight is 270 g/mol. The van der Waals surface area contributed by atoms with Crippen LogP contribution in [0.25, 0.3) is 0 Å². The minimum Gasteiger partial charge on any atom is -0.486 e. The van der Waals surface area contributed by atoms with Crippen LogP contribution in [0, 0.1) is 5.92 Å². The highest BCUT2D eigenvalue weighted by atomic mass is 16.6. The van der Waals surface area contributed by atoms with Gasteiger partial charge in [0, 0.05) is 17.4 Å². The second kappa shape index (κ2) is 4.40. The fraction of sp³-hybridized carbons (Fsp3) is 0.312. The molecular formula is C16H14O4. The number of carbonyl (C=O) groups is 1. The zero-order valence-corrected chi connectivity index (χ0v) is 10.9. The molecule has 2 aliphatic rings. The van der Waals surface area contributed by atoms with Crippen molar-refractivity contribution in [3.8, 4) is 11.5 Å². The molecule has 4 rings (SSSR count). The lowest BCUT2D eigenvalue weighted by atomic mass is 10.0. The van der Waals surface area contributed by atoms with Gasteiger partial charge in [-0.05, 0) is 36.8 Å². The summed E-state index contributed by atoms with van der Waals surface area (Å²) in [6.45, 7) is 1.09. The number of furan rings is 1. The predicted octanol–water partition coefficient (Wildman–Crippen LogP) is 3.04. The summed E-state index contributed by atoms with van der Waals surface area (Å²) < 4.78 is 16.3. The van der Waals surface area contributed by atoms with Crippen LogP contribution in [0.3, 0.4) is 0 Å². The summed E-state index contributed by atoms with van der Waals surface area (Å²) in [5, 5.41) is 0. The van der Waals surface area contributed by atoms with Crippen molar-refractivity contribution in [3.63, 3.8) is 0 Å². The van der Waals surface area contributed by atoms with Gasteiger partial charge in [-0.1, -0.05) is 0 Å².